The van der Waals surface area contributed by atoms with Gasteiger partial charge < -0.3 is 5.32 Å². The number of hydrogen-bond acceptors (Lipinski definition) is 3. The third kappa shape index (κ3) is 1.28. The van der Waals surface area contributed by atoms with Crippen molar-refractivity contribution in [3.8, 4) is 0 Å². The molecule has 0 saturated heterocycles. The highest BCUT2D eigenvalue weighted by Gasteiger charge is 2.15. The van der Waals surface area contributed by atoms with E-state index in [0.717, 1.165) is 22.1 Å². The molecule has 0 aliphatic carbocycles. The van der Waals surface area contributed by atoms with E-state index in [9.17, 15) is 4.79 Å². The topological polar surface area (TPSA) is 29.1 Å². The summed E-state index contributed by atoms with van der Waals surface area (Å²) >= 11 is 3.26. The Kier molecular flexibility index (Phi) is 1.87. The van der Waals surface area contributed by atoms with Gasteiger partial charge in [-0.3, -0.25) is 4.79 Å². The molecule has 2 rings (SSSR count). The molecule has 0 aromatic carbocycles. The smallest absolute Gasteiger partial charge is 0.262 e. The van der Waals surface area contributed by atoms with E-state index in [2.05, 4.69) is 5.32 Å². The zero-order valence-electron chi connectivity index (χ0n) is 5.79. The first kappa shape index (κ1) is 7.18. The minimum Gasteiger partial charge on any atom is -0.350 e. The summed E-state index contributed by atoms with van der Waals surface area (Å²) in [7, 11) is 0. The fourth-order valence-electron chi connectivity index (χ4n) is 0.983. The van der Waals surface area contributed by atoms with Crippen LogP contribution < -0.4 is 5.32 Å². The van der Waals surface area contributed by atoms with Crippen molar-refractivity contribution in [1.82, 2.24) is 5.32 Å². The summed E-state index contributed by atoms with van der Waals surface area (Å²) in [6.07, 6.45) is 0. The van der Waals surface area contributed by atoms with Gasteiger partial charge in [0.1, 0.15) is 4.88 Å². The van der Waals surface area contributed by atoms with Gasteiger partial charge in [0.25, 0.3) is 5.91 Å². The maximum Gasteiger partial charge on any atom is 0.262 e. The summed E-state index contributed by atoms with van der Waals surface area (Å²) in [4.78, 5) is 13.3. The quantitative estimate of drug-likeness (QED) is 0.665. The molecule has 0 radical (unpaired) electrons. The molecule has 0 bridgehead atoms. The Morgan fingerprint density at radius 2 is 2.45 bits per heavy atom. The van der Waals surface area contributed by atoms with E-state index in [0.29, 0.717) is 0 Å². The van der Waals surface area contributed by atoms with Crippen molar-refractivity contribution < 1.29 is 4.79 Å². The molecule has 1 N–H and O–H groups in total. The van der Waals surface area contributed by atoms with Gasteiger partial charge in [0.2, 0.25) is 0 Å². The zero-order valence-corrected chi connectivity index (χ0v) is 7.43. The molecule has 0 fully saturated rings. The Balaban J connectivity index is 2.41. The normalized spacial score (nSPS) is 16.9. The van der Waals surface area contributed by atoms with Crippen LogP contribution in [-0.2, 0) is 0 Å². The fourth-order valence-corrected chi connectivity index (χ4v) is 2.91. The number of thioether (sulfide) groups is 1. The number of carbonyl (C=O) groups is 1. The summed E-state index contributed by atoms with van der Waals surface area (Å²) in [6.45, 7) is 0.783. The minimum atomic E-state index is 0.0833. The maximum absolute atomic E-state index is 11.3. The second kappa shape index (κ2) is 2.87. The van der Waals surface area contributed by atoms with Crippen molar-refractivity contribution in [2.45, 2.75) is 4.90 Å². The van der Waals surface area contributed by atoms with Gasteiger partial charge in [-0.05, 0) is 11.4 Å². The number of thiophene rings is 1. The van der Waals surface area contributed by atoms with E-state index in [-0.39, 0.29) is 5.91 Å². The third-order valence-corrected chi connectivity index (χ3v) is 3.58. The highest BCUT2D eigenvalue weighted by atomic mass is 32.2. The van der Waals surface area contributed by atoms with Crippen molar-refractivity contribution >= 4 is 29.0 Å². The Bertz CT molecular complexity index is 282. The molecule has 0 saturated carbocycles. The van der Waals surface area contributed by atoms with Gasteiger partial charge in [0.15, 0.2) is 0 Å². The lowest BCUT2D eigenvalue weighted by Gasteiger charge is -1.94. The molecule has 0 atom stereocenters. The monoisotopic (exact) mass is 185 g/mol. The van der Waals surface area contributed by atoms with Gasteiger partial charge in [-0.1, -0.05) is 0 Å². The average Bonchev–Trinajstić information content (AvgIpc) is 2.40. The van der Waals surface area contributed by atoms with E-state index in [4.69, 9.17) is 0 Å². The predicted octanol–water partition coefficient (Wildman–Crippen LogP) is 1.58. The number of nitrogens with one attached hydrogen (secondary N) is 1. The first-order valence-electron chi connectivity index (χ1n) is 3.36. The molecule has 1 aromatic heterocycles. The molecular formula is C7H7NOS2. The van der Waals surface area contributed by atoms with Crippen LogP contribution in [0.5, 0.6) is 0 Å². The van der Waals surface area contributed by atoms with Crippen molar-refractivity contribution in [2.75, 3.05) is 12.3 Å². The maximum atomic E-state index is 11.3. The number of rotatable bonds is 0. The van der Waals surface area contributed by atoms with Crippen LogP contribution in [0.25, 0.3) is 0 Å². The molecule has 11 heavy (non-hydrogen) atoms. The minimum absolute atomic E-state index is 0.0833. The van der Waals surface area contributed by atoms with E-state index in [1.54, 1.807) is 11.8 Å². The van der Waals surface area contributed by atoms with Crippen LogP contribution in [0.2, 0.25) is 0 Å². The standard InChI is InChI=1S/C7H7NOS2/c9-7-6-5(1-3-11-6)10-4-2-8-7/h1,3H,2,4H2,(H,8,9). The van der Waals surface area contributed by atoms with Gasteiger partial charge in [0.05, 0.1) is 0 Å². The molecule has 1 aromatic rings. The van der Waals surface area contributed by atoms with Gasteiger partial charge >= 0.3 is 0 Å². The number of amides is 1. The molecule has 58 valence electrons. The predicted molar refractivity (Wildman–Crippen MR) is 47.4 cm³/mol. The van der Waals surface area contributed by atoms with Crippen LogP contribution in [0, 0.1) is 0 Å². The number of hydrogen-bond donors (Lipinski definition) is 1. The molecule has 1 aliphatic heterocycles. The van der Waals surface area contributed by atoms with Crippen molar-refractivity contribution in [3.05, 3.63) is 16.3 Å². The number of fused-ring (bicyclic) bond motifs is 1. The Morgan fingerprint density at radius 1 is 1.55 bits per heavy atom. The Labute approximate surface area is 73.0 Å². The van der Waals surface area contributed by atoms with E-state index < -0.39 is 0 Å². The summed E-state index contributed by atoms with van der Waals surface area (Å²) in [5, 5.41) is 4.80. The highest BCUT2D eigenvalue weighted by molar-refractivity contribution is 7.99. The molecule has 2 heterocycles. The lowest BCUT2D eigenvalue weighted by atomic mass is 10.4. The molecule has 4 heteroatoms. The number of carbonyl (C=O) groups excluding carboxylic acids is 1. The summed E-state index contributed by atoms with van der Waals surface area (Å²) in [5.74, 6) is 1.06. The van der Waals surface area contributed by atoms with Crippen molar-refractivity contribution in [1.29, 1.82) is 0 Å². The molecule has 1 aliphatic rings. The molecule has 0 unspecified atom stereocenters. The zero-order chi connectivity index (χ0) is 7.68. The van der Waals surface area contributed by atoms with Gasteiger partial charge in [-0.2, -0.15) is 0 Å². The van der Waals surface area contributed by atoms with E-state index in [1.165, 1.54) is 11.3 Å². The van der Waals surface area contributed by atoms with Gasteiger partial charge in [0, 0.05) is 17.2 Å². The Hall–Kier alpha value is -0.480. The van der Waals surface area contributed by atoms with Crippen LogP contribution >= 0.6 is 23.1 Å². The molecule has 0 spiro atoms. The first-order chi connectivity index (χ1) is 5.38. The summed E-state index contributed by atoms with van der Waals surface area (Å²) in [5.41, 5.74) is 0. The molecule has 1 amide bonds. The lowest BCUT2D eigenvalue weighted by molar-refractivity contribution is 0.0958. The van der Waals surface area contributed by atoms with Crippen LogP contribution in [0.3, 0.4) is 0 Å². The van der Waals surface area contributed by atoms with Gasteiger partial charge in [-0.25, -0.2) is 0 Å². The van der Waals surface area contributed by atoms with E-state index in [1.807, 2.05) is 11.4 Å². The molecule has 2 nitrogen and oxygen atoms in total. The SMILES string of the molecule is O=C1NCCSc2ccsc21. The molecular weight excluding hydrogens is 178 g/mol. The highest BCUT2D eigenvalue weighted by Crippen LogP contribution is 2.28. The Morgan fingerprint density at radius 3 is 3.36 bits per heavy atom. The average molecular weight is 185 g/mol. The second-order valence-corrected chi connectivity index (χ2v) is 4.27. The first-order valence-corrected chi connectivity index (χ1v) is 5.23. The van der Waals surface area contributed by atoms with E-state index >= 15 is 0 Å². The fraction of sp³-hybridized carbons (Fsp3) is 0.286. The van der Waals surface area contributed by atoms with Gasteiger partial charge in [-0.15, -0.1) is 23.1 Å². The lowest BCUT2D eigenvalue weighted by Crippen LogP contribution is -2.22. The van der Waals surface area contributed by atoms with Crippen LogP contribution in [-0.4, -0.2) is 18.2 Å². The van der Waals surface area contributed by atoms with Crippen molar-refractivity contribution in [3.63, 3.8) is 0 Å². The van der Waals surface area contributed by atoms with Crippen LogP contribution in [0.1, 0.15) is 9.67 Å². The largest absolute Gasteiger partial charge is 0.350 e. The summed E-state index contributed by atoms with van der Waals surface area (Å²) < 4.78 is 0. The third-order valence-electron chi connectivity index (χ3n) is 1.48. The summed E-state index contributed by atoms with van der Waals surface area (Å²) in [6, 6.07) is 2.01. The van der Waals surface area contributed by atoms with Crippen molar-refractivity contribution in [2.24, 2.45) is 0 Å². The van der Waals surface area contributed by atoms with Crippen LogP contribution in [0.15, 0.2) is 16.3 Å². The van der Waals surface area contributed by atoms with Crippen LogP contribution in [0.4, 0.5) is 0 Å². The second-order valence-electron chi connectivity index (χ2n) is 2.22.